The van der Waals surface area contributed by atoms with E-state index in [2.05, 4.69) is 6.07 Å². The second kappa shape index (κ2) is 5.46. The molecule has 0 aromatic heterocycles. The Balaban J connectivity index is 2.59. The smallest absolute Gasteiger partial charge is 0.139 e. The van der Waals surface area contributed by atoms with Crippen LogP contribution in [0.3, 0.4) is 0 Å². The van der Waals surface area contributed by atoms with Gasteiger partial charge in [-0.2, -0.15) is 5.26 Å². The maximum atomic E-state index is 10.7. The van der Waals surface area contributed by atoms with Gasteiger partial charge in [-0.1, -0.05) is 18.2 Å². The lowest BCUT2D eigenvalue weighted by Gasteiger charge is -2.01. The molecule has 1 rings (SSSR count). The molecule has 0 spiro atoms. The van der Waals surface area contributed by atoms with Crippen LogP contribution in [0.2, 0.25) is 0 Å². The van der Waals surface area contributed by atoms with Crippen molar-refractivity contribution in [3.8, 4) is 6.07 Å². The first-order valence-electron chi connectivity index (χ1n) is 4.29. The van der Waals surface area contributed by atoms with Crippen molar-refractivity contribution in [3.63, 3.8) is 0 Å². The summed E-state index contributed by atoms with van der Waals surface area (Å²) < 4.78 is 0. The minimum Gasteiger partial charge on any atom is -0.299 e. The first-order chi connectivity index (χ1) is 6.74. The molecule has 0 unspecified atom stereocenters. The third-order valence-corrected chi connectivity index (χ3v) is 2.83. The lowest BCUT2D eigenvalue weighted by molar-refractivity contribution is -0.114. The summed E-state index contributed by atoms with van der Waals surface area (Å²) in [5.41, 5.74) is 1.70. The second-order valence-electron chi connectivity index (χ2n) is 2.96. The summed E-state index contributed by atoms with van der Waals surface area (Å²) in [5.74, 6) is 1.41. The highest BCUT2D eigenvalue weighted by molar-refractivity contribution is 7.99. The molecule has 0 aliphatic rings. The van der Waals surface area contributed by atoms with Crippen molar-refractivity contribution in [1.82, 2.24) is 0 Å². The number of ketones is 1. The van der Waals surface area contributed by atoms with E-state index >= 15 is 0 Å². The number of Topliss-reactive ketones (excluding diaryl/α,β-unsaturated/α-hetero) is 1. The summed E-state index contributed by atoms with van der Waals surface area (Å²) in [6.07, 6.45) is 0. The summed E-state index contributed by atoms with van der Waals surface area (Å²) in [4.78, 5) is 10.7. The van der Waals surface area contributed by atoms with Crippen molar-refractivity contribution in [2.45, 2.75) is 12.7 Å². The van der Waals surface area contributed by atoms with Crippen LogP contribution in [0.4, 0.5) is 0 Å². The summed E-state index contributed by atoms with van der Waals surface area (Å²) in [7, 11) is 0. The Morgan fingerprint density at radius 2 is 2.21 bits per heavy atom. The molecule has 0 radical (unpaired) electrons. The summed E-state index contributed by atoms with van der Waals surface area (Å²) in [6, 6.07) is 9.61. The van der Waals surface area contributed by atoms with Gasteiger partial charge in [-0.05, 0) is 18.6 Å². The highest BCUT2D eigenvalue weighted by Crippen LogP contribution is 2.15. The van der Waals surface area contributed by atoms with E-state index in [1.807, 2.05) is 18.2 Å². The molecule has 1 aromatic rings. The van der Waals surface area contributed by atoms with Gasteiger partial charge in [0, 0.05) is 5.75 Å². The van der Waals surface area contributed by atoms with Gasteiger partial charge in [-0.25, -0.2) is 0 Å². The van der Waals surface area contributed by atoms with Crippen molar-refractivity contribution < 1.29 is 4.79 Å². The van der Waals surface area contributed by atoms with Gasteiger partial charge < -0.3 is 0 Å². The molecule has 0 saturated carbocycles. The number of thioether (sulfide) groups is 1. The van der Waals surface area contributed by atoms with E-state index in [1.165, 1.54) is 0 Å². The number of nitrogens with zero attached hydrogens (tertiary/aromatic N) is 1. The van der Waals surface area contributed by atoms with Crippen molar-refractivity contribution in [3.05, 3.63) is 35.4 Å². The van der Waals surface area contributed by atoms with Crippen LogP contribution in [-0.4, -0.2) is 11.5 Å². The maximum Gasteiger partial charge on any atom is 0.139 e. The van der Waals surface area contributed by atoms with E-state index in [0.29, 0.717) is 11.3 Å². The molecule has 1 aromatic carbocycles. The minimum atomic E-state index is 0.171. The lowest BCUT2D eigenvalue weighted by atomic mass is 10.1. The first kappa shape index (κ1) is 10.8. The molecule has 0 saturated heterocycles. The average Bonchev–Trinajstić information content (AvgIpc) is 2.18. The van der Waals surface area contributed by atoms with Crippen LogP contribution in [0.5, 0.6) is 0 Å². The number of nitriles is 1. The molecule has 2 nitrogen and oxygen atoms in total. The van der Waals surface area contributed by atoms with Crippen molar-refractivity contribution >= 4 is 17.5 Å². The predicted octanol–water partition coefficient (Wildman–Crippen LogP) is 2.38. The van der Waals surface area contributed by atoms with Crippen molar-refractivity contribution in [2.75, 3.05) is 5.75 Å². The number of hydrogen-bond donors (Lipinski definition) is 0. The molecule has 14 heavy (non-hydrogen) atoms. The van der Waals surface area contributed by atoms with E-state index in [1.54, 1.807) is 24.8 Å². The quantitative estimate of drug-likeness (QED) is 0.757. The zero-order valence-corrected chi connectivity index (χ0v) is 8.80. The van der Waals surface area contributed by atoms with E-state index in [9.17, 15) is 4.79 Å². The third kappa shape index (κ3) is 3.23. The topological polar surface area (TPSA) is 40.9 Å². The predicted molar refractivity (Wildman–Crippen MR) is 58.0 cm³/mol. The van der Waals surface area contributed by atoms with Crippen LogP contribution >= 0.6 is 11.8 Å². The average molecular weight is 205 g/mol. The SMILES string of the molecule is CC(=O)CSCc1ccccc1C#N. The number of carbonyl (C=O) groups is 1. The van der Waals surface area contributed by atoms with Crippen molar-refractivity contribution in [2.24, 2.45) is 0 Å². The van der Waals surface area contributed by atoms with Crippen LogP contribution in [0, 0.1) is 11.3 Å². The standard InChI is InChI=1S/C11H11NOS/c1-9(13)7-14-8-11-5-3-2-4-10(11)6-12/h2-5H,7-8H2,1H3. The minimum absolute atomic E-state index is 0.171. The Bertz CT molecular complexity index is 368. The monoisotopic (exact) mass is 205 g/mol. The number of hydrogen-bond acceptors (Lipinski definition) is 3. The van der Waals surface area contributed by atoms with Gasteiger partial charge in [0.2, 0.25) is 0 Å². The summed E-state index contributed by atoms with van der Waals surface area (Å²) in [5, 5.41) is 8.80. The number of benzene rings is 1. The van der Waals surface area contributed by atoms with Gasteiger partial charge in [0.15, 0.2) is 0 Å². The normalized spacial score (nSPS) is 9.43. The molecule has 0 bridgehead atoms. The largest absolute Gasteiger partial charge is 0.299 e. The van der Waals surface area contributed by atoms with Crippen LogP contribution < -0.4 is 0 Å². The Morgan fingerprint density at radius 3 is 2.86 bits per heavy atom. The van der Waals surface area contributed by atoms with E-state index < -0.39 is 0 Å². The van der Waals surface area contributed by atoms with Gasteiger partial charge in [0.25, 0.3) is 0 Å². The fourth-order valence-electron chi connectivity index (χ4n) is 1.06. The fourth-order valence-corrected chi connectivity index (χ4v) is 1.92. The Labute approximate surface area is 87.9 Å². The molecule has 0 amide bonds. The highest BCUT2D eigenvalue weighted by Gasteiger charge is 2.01. The van der Waals surface area contributed by atoms with E-state index in [4.69, 9.17) is 5.26 Å². The zero-order valence-electron chi connectivity index (χ0n) is 7.99. The summed E-state index contributed by atoms with van der Waals surface area (Å²) >= 11 is 1.54. The van der Waals surface area contributed by atoms with Gasteiger partial charge >= 0.3 is 0 Å². The van der Waals surface area contributed by atoms with E-state index in [0.717, 1.165) is 11.3 Å². The number of carbonyl (C=O) groups excluding carboxylic acids is 1. The van der Waals surface area contributed by atoms with Gasteiger partial charge in [0.1, 0.15) is 5.78 Å². The van der Waals surface area contributed by atoms with Crippen LogP contribution in [0.25, 0.3) is 0 Å². The molecule has 0 atom stereocenters. The highest BCUT2D eigenvalue weighted by atomic mass is 32.2. The van der Waals surface area contributed by atoms with Gasteiger partial charge in [-0.15, -0.1) is 11.8 Å². The molecule has 0 N–H and O–H groups in total. The molecule has 3 heteroatoms. The Kier molecular flexibility index (Phi) is 4.21. The molecule has 0 aliphatic carbocycles. The Hall–Kier alpha value is -1.27. The molecule has 0 heterocycles. The zero-order chi connectivity index (χ0) is 10.4. The van der Waals surface area contributed by atoms with E-state index in [-0.39, 0.29) is 5.78 Å². The lowest BCUT2D eigenvalue weighted by Crippen LogP contribution is -1.95. The molecular weight excluding hydrogens is 194 g/mol. The second-order valence-corrected chi connectivity index (χ2v) is 3.95. The summed E-state index contributed by atoms with van der Waals surface area (Å²) in [6.45, 7) is 1.57. The van der Waals surface area contributed by atoms with Crippen molar-refractivity contribution in [1.29, 1.82) is 5.26 Å². The first-order valence-corrected chi connectivity index (χ1v) is 5.44. The molecule has 0 aliphatic heterocycles. The Morgan fingerprint density at radius 1 is 1.50 bits per heavy atom. The number of rotatable bonds is 4. The van der Waals surface area contributed by atoms with Gasteiger partial charge in [0.05, 0.1) is 17.4 Å². The molecule has 72 valence electrons. The van der Waals surface area contributed by atoms with Crippen LogP contribution in [0.1, 0.15) is 18.1 Å². The van der Waals surface area contributed by atoms with Gasteiger partial charge in [-0.3, -0.25) is 4.79 Å². The van der Waals surface area contributed by atoms with Crippen LogP contribution in [0.15, 0.2) is 24.3 Å². The molecular formula is C11H11NOS. The molecule has 0 fully saturated rings. The maximum absolute atomic E-state index is 10.7. The van der Waals surface area contributed by atoms with Crippen LogP contribution in [-0.2, 0) is 10.5 Å². The fraction of sp³-hybridized carbons (Fsp3) is 0.273. The third-order valence-electron chi connectivity index (χ3n) is 1.70.